The van der Waals surface area contributed by atoms with E-state index < -0.39 is 0 Å². The van der Waals surface area contributed by atoms with Gasteiger partial charge in [0.25, 0.3) is 0 Å². The van der Waals surface area contributed by atoms with E-state index in [-0.39, 0.29) is 6.61 Å². The second kappa shape index (κ2) is 5.87. The highest BCUT2D eigenvalue weighted by Gasteiger charge is 2.18. The Bertz CT molecular complexity index is 455. The normalized spacial score (nSPS) is 13.8. The highest BCUT2D eigenvalue weighted by atomic mass is 16.5. The van der Waals surface area contributed by atoms with Crippen molar-refractivity contribution in [2.75, 3.05) is 33.9 Å². The molecule has 0 saturated heterocycles. The van der Waals surface area contributed by atoms with Crippen LogP contribution >= 0.6 is 0 Å². The predicted molar refractivity (Wildman–Crippen MR) is 70.1 cm³/mol. The Balaban J connectivity index is 2.29. The summed E-state index contributed by atoms with van der Waals surface area (Å²) in [4.78, 5) is 0. The summed E-state index contributed by atoms with van der Waals surface area (Å²) in [5.74, 6) is 1.55. The standard InChI is InChI=1S/C14H20NO3/c1-17-13-8-11-4-6-15(5-3-7-16)10-12(11)9-14(13)18-2/h8-10,16H,3-7H2,1-2H3/q+1. The molecule has 0 amide bonds. The van der Waals surface area contributed by atoms with Crippen molar-refractivity contribution in [2.24, 2.45) is 0 Å². The van der Waals surface area contributed by atoms with Crippen LogP contribution in [0.3, 0.4) is 0 Å². The van der Waals surface area contributed by atoms with E-state index >= 15 is 0 Å². The molecule has 4 nitrogen and oxygen atoms in total. The van der Waals surface area contributed by atoms with Gasteiger partial charge in [-0.2, -0.15) is 0 Å². The van der Waals surface area contributed by atoms with Crippen LogP contribution in [-0.2, 0) is 6.42 Å². The summed E-state index contributed by atoms with van der Waals surface area (Å²) < 4.78 is 12.9. The largest absolute Gasteiger partial charge is 0.493 e. The molecule has 1 aromatic carbocycles. The minimum atomic E-state index is 0.239. The monoisotopic (exact) mass is 250 g/mol. The van der Waals surface area contributed by atoms with E-state index in [2.05, 4.69) is 10.8 Å². The molecule has 0 aromatic heterocycles. The molecule has 1 N–H and O–H groups in total. The Hall–Kier alpha value is -1.55. The fraction of sp³-hybridized carbons (Fsp3) is 0.500. The van der Waals surface area contributed by atoms with Crippen molar-refractivity contribution in [3.05, 3.63) is 23.3 Å². The SMILES string of the molecule is COc1cc2c(cc1OC)CC[N+](CCCO)=C2. The Kier molecular flexibility index (Phi) is 4.20. The van der Waals surface area contributed by atoms with Crippen molar-refractivity contribution >= 4 is 6.21 Å². The third-order valence-corrected chi connectivity index (χ3v) is 3.24. The lowest BCUT2D eigenvalue weighted by Crippen LogP contribution is -2.24. The van der Waals surface area contributed by atoms with Crippen LogP contribution < -0.4 is 9.47 Å². The topological polar surface area (TPSA) is 41.7 Å². The number of rotatable bonds is 5. The van der Waals surface area contributed by atoms with Crippen LogP contribution in [-0.4, -0.2) is 49.8 Å². The number of methoxy groups -OCH3 is 2. The highest BCUT2D eigenvalue weighted by molar-refractivity contribution is 5.80. The maximum absolute atomic E-state index is 8.87. The summed E-state index contributed by atoms with van der Waals surface area (Å²) in [5, 5.41) is 8.87. The Morgan fingerprint density at radius 2 is 1.94 bits per heavy atom. The van der Waals surface area contributed by atoms with Gasteiger partial charge in [0, 0.05) is 25.0 Å². The molecule has 1 aliphatic heterocycles. The minimum Gasteiger partial charge on any atom is -0.493 e. The van der Waals surface area contributed by atoms with Gasteiger partial charge in [0.1, 0.15) is 13.1 Å². The third kappa shape index (κ3) is 2.64. The first-order chi connectivity index (χ1) is 8.78. The van der Waals surface area contributed by atoms with E-state index in [0.29, 0.717) is 0 Å². The van der Waals surface area contributed by atoms with Crippen molar-refractivity contribution in [3.8, 4) is 11.5 Å². The van der Waals surface area contributed by atoms with Gasteiger partial charge in [-0.1, -0.05) is 0 Å². The molecule has 0 aliphatic carbocycles. The Morgan fingerprint density at radius 3 is 2.61 bits per heavy atom. The minimum absolute atomic E-state index is 0.239. The first-order valence-corrected chi connectivity index (χ1v) is 6.23. The molecule has 1 aromatic rings. The van der Waals surface area contributed by atoms with E-state index in [1.807, 2.05) is 12.1 Å². The van der Waals surface area contributed by atoms with E-state index in [1.165, 1.54) is 11.1 Å². The van der Waals surface area contributed by atoms with Gasteiger partial charge in [-0.25, -0.2) is 4.58 Å². The molecular weight excluding hydrogens is 230 g/mol. The van der Waals surface area contributed by atoms with E-state index in [0.717, 1.165) is 37.4 Å². The van der Waals surface area contributed by atoms with Gasteiger partial charge < -0.3 is 14.6 Å². The zero-order valence-corrected chi connectivity index (χ0v) is 11.0. The van der Waals surface area contributed by atoms with Crippen LogP contribution in [0.1, 0.15) is 17.5 Å². The summed E-state index contributed by atoms with van der Waals surface area (Å²) in [6.07, 6.45) is 3.94. The molecule has 2 rings (SSSR count). The van der Waals surface area contributed by atoms with E-state index in [9.17, 15) is 0 Å². The van der Waals surface area contributed by atoms with Gasteiger partial charge in [-0.15, -0.1) is 0 Å². The summed E-state index contributed by atoms with van der Waals surface area (Å²) in [7, 11) is 3.31. The van der Waals surface area contributed by atoms with Crippen LogP contribution in [0.25, 0.3) is 0 Å². The summed E-state index contributed by atoms with van der Waals surface area (Å²) in [6.45, 7) is 2.12. The molecule has 0 bridgehead atoms. The molecule has 1 heterocycles. The first-order valence-electron chi connectivity index (χ1n) is 6.23. The van der Waals surface area contributed by atoms with Crippen molar-refractivity contribution in [1.29, 1.82) is 0 Å². The average Bonchev–Trinajstić information content (AvgIpc) is 2.43. The predicted octanol–water partition coefficient (Wildman–Crippen LogP) is 1.07. The van der Waals surface area contributed by atoms with E-state index in [1.54, 1.807) is 14.2 Å². The lowest BCUT2D eigenvalue weighted by molar-refractivity contribution is -0.524. The molecule has 1 aliphatic rings. The molecule has 0 radical (unpaired) electrons. The number of fused-ring (bicyclic) bond motifs is 1. The summed E-state index contributed by atoms with van der Waals surface area (Å²) in [6, 6.07) is 4.06. The van der Waals surface area contributed by atoms with Crippen molar-refractivity contribution in [3.63, 3.8) is 0 Å². The first kappa shape index (κ1) is 12.9. The van der Waals surface area contributed by atoms with Crippen LogP contribution in [0, 0.1) is 0 Å². The van der Waals surface area contributed by atoms with Crippen LogP contribution in [0.2, 0.25) is 0 Å². The molecular formula is C14H20NO3+. The smallest absolute Gasteiger partial charge is 0.171 e. The number of hydrogen-bond acceptors (Lipinski definition) is 3. The Morgan fingerprint density at radius 1 is 1.22 bits per heavy atom. The summed E-state index contributed by atoms with van der Waals surface area (Å²) >= 11 is 0. The third-order valence-electron chi connectivity index (χ3n) is 3.24. The molecule has 0 fully saturated rings. The maximum Gasteiger partial charge on any atom is 0.171 e. The highest BCUT2D eigenvalue weighted by Crippen LogP contribution is 2.31. The molecule has 0 spiro atoms. The van der Waals surface area contributed by atoms with Crippen LogP contribution in [0.4, 0.5) is 0 Å². The number of benzene rings is 1. The number of aliphatic hydroxyl groups is 1. The van der Waals surface area contributed by atoms with Gasteiger partial charge in [0.05, 0.1) is 14.2 Å². The zero-order chi connectivity index (χ0) is 13.0. The van der Waals surface area contributed by atoms with Crippen molar-refractivity contribution in [2.45, 2.75) is 12.8 Å². The number of ether oxygens (including phenoxy) is 2. The van der Waals surface area contributed by atoms with Crippen LogP contribution in [0.15, 0.2) is 12.1 Å². The van der Waals surface area contributed by atoms with Gasteiger partial charge in [0.15, 0.2) is 17.7 Å². The number of nitrogens with zero attached hydrogens (tertiary/aromatic N) is 1. The quantitative estimate of drug-likeness (QED) is 0.795. The molecule has 0 unspecified atom stereocenters. The van der Waals surface area contributed by atoms with Crippen molar-refractivity contribution < 1.29 is 19.2 Å². The second-order valence-electron chi connectivity index (χ2n) is 4.40. The second-order valence-corrected chi connectivity index (χ2v) is 4.40. The average molecular weight is 250 g/mol. The van der Waals surface area contributed by atoms with Crippen molar-refractivity contribution in [1.82, 2.24) is 0 Å². The fourth-order valence-electron chi connectivity index (χ4n) is 2.25. The fourth-order valence-corrected chi connectivity index (χ4v) is 2.25. The Labute approximate surface area is 107 Å². The lowest BCUT2D eigenvalue weighted by Gasteiger charge is -2.15. The maximum atomic E-state index is 8.87. The molecule has 4 heteroatoms. The van der Waals surface area contributed by atoms with Gasteiger partial charge in [-0.3, -0.25) is 0 Å². The van der Waals surface area contributed by atoms with E-state index in [4.69, 9.17) is 14.6 Å². The molecule has 0 atom stereocenters. The molecule has 98 valence electrons. The molecule has 0 saturated carbocycles. The van der Waals surface area contributed by atoms with Crippen LogP contribution in [0.5, 0.6) is 11.5 Å². The van der Waals surface area contributed by atoms with Gasteiger partial charge >= 0.3 is 0 Å². The zero-order valence-electron chi connectivity index (χ0n) is 11.0. The summed E-state index contributed by atoms with van der Waals surface area (Å²) in [5.41, 5.74) is 2.46. The molecule has 18 heavy (non-hydrogen) atoms. The van der Waals surface area contributed by atoms with Gasteiger partial charge in [-0.05, 0) is 17.7 Å². The number of hydrogen-bond donors (Lipinski definition) is 1. The lowest BCUT2D eigenvalue weighted by atomic mass is 10.0. The van der Waals surface area contributed by atoms with Gasteiger partial charge in [0.2, 0.25) is 0 Å². The number of aliphatic hydroxyl groups excluding tert-OH is 1.